The average Bonchev–Trinajstić information content (AvgIpc) is 3.37. The van der Waals surface area contributed by atoms with Crippen LogP contribution >= 0.6 is 35.0 Å². The predicted octanol–water partition coefficient (Wildman–Crippen LogP) is 5.95. The fourth-order valence-electron chi connectivity index (χ4n) is 2.80. The number of carbonyl (C=O) groups is 1. The van der Waals surface area contributed by atoms with E-state index in [4.69, 9.17) is 27.6 Å². The van der Waals surface area contributed by atoms with Crippen LogP contribution in [0.1, 0.15) is 6.92 Å². The number of nitrogens with zero attached hydrogens (tertiary/aromatic N) is 3. The van der Waals surface area contributed by atoms with Crippen LogP contribution in [0.2, 0.25) is 10.0 Å². The van der Waals surface area contributed by atoms with Crippen LogP contribution in [0.15, 0.2) is 76.5 Å². The van der Waals surface area contributed by atoms with Gasteiger partial charge in [-0.1, -0.05) is 53.2 Å². The lowest BCUT2D eigenvalue weighted by Gasteiger charge is -2.14. The number of amides is 1. The molecule has 0 saturated heterocycles. The zero-order valence-electron chi connectivity index (χ0n) is 15.8. The van der Waals surface area contributed by atoms with E-state index in [0.29, 0.717) is 32.5 Å². The first-order valence-electron chi connectivity index (χ1n) is 8.99. The molecule has 0 fully saturated rings. The quantitative estimate of drug-likeness (QED) is 0.361. The summed E-state index contributed by atoms with van der Waals surface area (Å²) in [5, 5.41) is 12.4. The molecule has 9 heteroatoms. The highest BCUT2D eigenvalue weighted by molar-refractivity contribution is 8.00. The summed E-state index contributed by atoms with van der Waals surface area (Å²) in [6.07, 6.45) is 1.58. The van der Waals surface area contributed by atoms with Crippen molar-refractivity contribution in [2.24, 2.45) is 0 Å². The lowest BCUT2D eigenvalue weighted by atomic mass is 10.3. The molecule has 0 bridgehead atoms. The minimum atomic E-state index is -0.459. The summed E-state index contributed by atoms with van der Waals surface area (Å²) in [5.74, 6) is 0.937. The van der Waals surface area contributed by atoms with Crippen molar-refractivity contribution in [1.82, 2.24) is 14.8 Å². The number of para-hydroxylation sites is 1. The van der Waals surface area contributed by atoms with Gasteiger partial charge in [0, 0.05) is 21.4 Å². The van der Waals surface area contributed by atoms with Crippen LogP contribution < -0.4 is 5.32 Å². The van der Waals surface area contributed by atoms with E-state index in [1.165, 1.54) is 11.8 Å². The predicted molar refractivity (Wildman–Crippen MR) is 119 cm³/mol. The molecule has 1 N–H and O–H groups in total. The van der Waals surface area contributed by atoms with Gasteiger partial charge in [-0.3, -0.25) is 9.36 Å². The standard InChI is InChI=1S/C21H16Cl2N4O2S/c1-13(20(28)24-16-11-14(22)10-15(23)12-16)30-21-26-25-19(18-8-5-9-29-18)27(21)17-6-3-2-4-7-17/h2-13H,1H3,(H,24,28)/t13-/m1/s1. The number of benzene rings is 2. The van der Waals surface area contributed by atoms with Gasteiger partial charge in [0.25, 0.3) is 0 Å². The number of thioether (sulfide) groups is 1. The van der Waals surface area contributed by atoms with Crippen LogP contribution in [0.25, 0.3) is 17.3 Å². The Labute approximate surface area is 187 Å². The molecule has 1 amide bonds. The third-order valence-electron chi connectivity index (χ3n) is 4.17. The van der Waals surface area contributed by atoms with E-state index in [9.17, 15) is 4.79 Å². The van der Waals surface area contributed by atoms with Crippen LogP contribution in [0.5, 0.6) is 0 Å². The molecule has 0 radical (unpaired) electrons. The lowest BCUT2D eigenvalue weighted by Crippen LogP contribution is -2.22. The SMILES string of the molecule is C[C@@H](Sc1nnc(-c2ccco2)n1-c1ccccc1)C(=O)Nc1cc(Cl)cc(Cl)c1. The van der Waals surface area contributed by atoms with Crippen molar-refractivity contribution < 1.29 is 9.21 Å². The summed E-state index contributed by atoms with van der Waals surface area (Å²) in [6.45, 7) is 1.79. The van der Waals surface area contributed by atoms with Crippen molar-refractivity contribution in [3.05, 3.63) is 77.0 Å². The zero-order chi connectivity index (χ0) is 21.1. The molecule has 0 unspecified atom stereocenters. The molecule has 0 aliphatic carbocycles. The minimum Gasteiger partial charge on any atom is -0.461 e. The second-order valence-electron chi connectivity index (χ2n) is 6.36. The summed E-state index contributed by atoms with van der Waals surface area (Å²) in [6, 6.07) is 18.2. The molecule has 0 saturated carbocycles. The number of aromatic nitrogens is 3. The van der Waals surface area contributed by atoms with Crippen molar-refractivity contribution in [2.45, 2.75) is 17.3 Å². The van der Waals surface area contributed by atoms with E-state index >= 15 is 0 Å². The van der Waals surface area contributed by atoms with Crippen LogP contribution in [0, 0.1) is 0 Å². The third-order valence-corrected chi connectivity index (χ3v) is 5.65. The Hall–Kier alpha value is -2.74. The normalized spacial score (nSPS) is 12.0. The van der Waals surface area contributed by atoms with E-state index in [-0.39, 0.29) is 5.91 Å². The highest BCUT2D eigenvalue weighted by Crippen LogP contribution is 2.31. The Morgan fingerprint density at radius 2 is 1.80 bits per heavy atom. The third kappa shape index (κ3) is 4.53. The average molecular weight is 459 g/mol. The molecular formula is C21H16Cl2N4O2S. The Morgan fingerprint density at radius 3 is 2.47 bits per heavy atom. The summed E-state index contributed by atoms with van der Waals surface area (Å²) in [4.78, 5) is 12.7. The number of hydrogen-bond donors (Lipinski definition) is 1. The number of hydrogen-bond acceptors (Lipinski definition) is 5. The van der Waals surface area contributed by atoms with E-state index < -0.39 is 5.25 Å². The zero-order valence-corrected chi connectivity index (χ0v) is 18.1. The van der Waals surface area contributed by atoms with E-state index in [1.807, 2.05) is 41.0 Å². The van der Waals surface area contributed by atoms with Gasteiger partial charge >= 0.3 is 0 Å². The second kappa shape index (κ2) is 8.95. The van der Waals surface area contributed by atoms with Crippen LogP contribution in [0.4, 0.5) is 5.69 Å². The molecule has 4 rings (SSSR count). The van der Waals surface area contributed by atoms with E-state index in [1.54, 1.807) is 37.5 Å². The molecule has 2 aromatic carbocycles. The number of rotatable bonds is 6. The van der Waals surface area contributed by atoms with Gasteiger partial charge in [0.15, 0.2) is 10.9 Å². The maximum absolute atomic E-state index is 12.7. The van der Waals surface area contributed by atoms with Gasteiger partial charge in [-0.15, -0.1) is 10.2 Å². The fourth-order valence-corrected chi connectivity index (χ4v) is 4.20. The largest absolute Gasteiger partial charge is 0.461 e. The molecular weight excluding hydrogens is 443 g/mol. The minimum absolute atomic E-state index is 0.208. The van der Waals surface area contributed by atoms with E-state index in [2.05, 4.69) is 15.5 Å². The number of anilines is 1. The molecule has 2 heterocycles. The molecule has 2 aromatic heterocycles. The van der Waals surface area contributed by atoms with Gasteiger partial charge in [-0.2, -0.15) is 0 Å². The molecule has 152 valence electrons. The maximum atomic E-state index is 12.7. The number of halogens is 2. The molecule has 4 aromatic rings. The fraction of sp³-hybridized carbons (Fsp3) is 0.0952. The van der Waals surface area contributed by atoms with Crippen LogP contribution in [-0.2, 0) is 4.79 Å². The number of carbonyl (C=O) groups excluding carboxylic acids is 1. The highest BCUT2D eigenvalue weighted by Gasteiger charge is 2.23. The van der Waals surface area contributed by atoms with Gasteiger partial charge in [-0.25, -0.2) is 0 Å². The Kier molecular flexibility index (Phi) is 6.13. The van der Waals surface area contributed by atoms with E-state index in [0.717, 1.165) is 5.69 Å². The van der Waals surface area contributed by atoms with Gasteiger partial charge in [0.1, 0.15) is 0 Å². The topological polar surface area (TPSA) is 73.0 Å². The Morgan fingerprint density at radius 1 is 1.07 bits per heavy atom. The van der Waals surface area contributed by atoms with Gasteiger partial charge < -0.3 is 9.73 Å². The summed E-state index contributed by atoms with van der Waals surface area (Å²) in [5.41, 5.74) is 1.40. The molecule has 6 nitrogen and oxygen atoms in total. The number of furan rings is 1. The highest BCUT2D eigenvalue weighted by atomic mass is 35.5. The van der Waals surface area contributed by atoms with Gasteiger partial charge in [0.2, 0.25) is 11.7 Å². The van der Waals surface area contributed by atoms with Gasteiger partial charge in [-0.05, 0) is 49.4 Å². The van der Waals surface area contributed by atoms with Crippen molar-refractivity contribution >= 4 is 46.6 Å². The van der Waals surface area contributed by atoms with Gasteiger partial charge in [0.05, 0.1) is 11.5 Å². The molecule has 0 aliphatic rings. The smallest absolute Gasteiger partial charge is 0.237 e. The second-order valence-corrected chi connectivity index (χ2v) is 8.54. The summed E-state index contributed by atoms with van der Waals surface area (Å²) in [7, 11) is 0. The Bertz CT molecular complexity index is 1140. The first-order chi connectivity index (χ1) is 14.5. The van der Waals surface area contributed by atoms with Crippen LogP contribution in [0.3, 0.4) is 0 Å². The van der Waals surface area contributed by atoms with Crippen LogP contribution in [-0.4, -0.2) is 25.9 Å². The first-order valence-corrected chi connectivity index (χ1v) is 10.6. The first kappa shape index (κ1) is 20.5. The maximum Gasteiger partial charge on any atom is 0.237 e. The number of nitrogens with one attached hydrogen (secondary N) is 1. The summed E-state index contributed by atoms with van der Waals surface area (Å²) >= 11 is 13.3. The van der Waals surface area contributed by atoms with Crippen molar-refractivity contribution in [1.29, 1.82) is 0 Å². The molecule has 1 atom stereocenters. The lowest BCUT2D eigenvalue weighted by molar-refractivity contribution is -0.115. The summed E-state index contributed by atoms with van der Waals surface area (Å²) < 4.78 is 7.38. The molecule has 0 aliphatic heterocycles. The van der Waals surface area contributed by atoms with Crippen molar-refractivity contribution in [3.8, 4) is 17.3 Å². The Balaban J connectivity index is 1.60. The van der Waals surface area contributed by atoms with Crippen molar-refractivity contribution in [3.63, 3.8) is 0 Å². The monoisotopic (exact) mass is 458 g/mol. The van der Waals surface area contributed by atoms with Crippen molar-refractivity contribution in [2.75, 3.05) is 5.32 Å². The molecule has 0 spiro atoms. The molecule has 30 heavy (non-hydrogen) atoms.